The number of rotatable bonds is 3. The molecule has 0 saturated carbocycles. The highest BCUT2D eigenvalue weighted by atomic mass is 32.2. The van der Waals surface area contributed by atoms with Gasteiger partial charge in [-0.15, -0.1) is 0 Å². The van der Waals surface area contributed by atoms with Crippen molar-refractivity contribution in [3.8, 4) is 11.5 Å². The highest BCUT2D eigenvalue weighted by molar-refractivity contribution is 7.89. The monoisotopic (exact) mass is 393 g/mol. The van der Waals surface area contributed by atoms with Crippen molar-refractivity contribution >= 4 is 10.0 Å². The van der Waals surface area contributed by atoms with Gasteiger partial charge in [0.25, 0.3) is 0 Å². The predicted octanol–water partition coefficient (Wildman–Crippen LogP) is 2.75. The maximum Gasteiger partial charge on any atom is 0.243 e. The third-order valence-electron chi connectivity index (χ3n) is 4.62. The number of benzene rings is 2. The van der Waals surface area contributed by atoms with E-state index in [2.05, 4.69) is 0 Å². The van der Waals surface area contributed by atoms with E-state index in [9.17, 15) is 12.8 Å². The molecule has 4 rings (SSSR count). The van der Waals surface area contributed by atoms with Gasteiger partial charge in [-0.3, -0.25) is 0 Å². The normalized spacial score (nSPS) is 23.2. The fourth-order valence-electron chi connectivity index (χ4n) is 3.30. The molecule has 2 heterocycles. The largest absolute Gasteiger partial charge is 0.486 e. The van der Waals surface area contributed by atoms with Crippen LogP contribution in [0, 0.1) is 5.82 Å². The Morgan fingerprint density at radius 2 is 1.70 bits per heavy atom. The van der Waals surface area contributed by atoms with Crippen molar-refractivity contribution < 1.29 is 27.0 Å². The standard InChI is InChI=1S/C19H20FNO5S/c1-13-11-21(12-19(26-13)14-2-4-15(20)5-3-14)27(22,23)16-6-7-17-18(10-16)25-9-8-24-17/h2-7,10,13,19H,8-9,11-12H2,1H3. The summed E-state index contributed by atoms with van der Waals surface area (Å²) in [6.45, 7) is 3.06. The lowest BCUT2D eigenvalue weighted by molar-refractivity contribution is -0.0557. The van der Waals surface area contributed by atoms with E-state index >= 15 is 0 Å². The second kappa shape index (κ2) is 7.10. The molecule has 27 heavy (non-hydrogen) atoms. The fourth-order valence-corrected chi connectivity index (χ4v) is 4.84. The van der Waals surface area contributed by atoms with Crippen LogP contribution in [-0.2, 0) is 14.8 Å². The molecule has 2 atom stereocenters. The third kappa shape index (κ3) is 3.65. The van der Waals surface area contributed by atoms with Crippen molar-refractivity contribution in [2.24, 2.45) is 0 Å². The van der Waals surface area contributed by atoms with Crippen LogP contribution in [0.2, 0.25) is 0 Å². The van der Waals surface area contributed by atoms with Crippen LogP contribution in [0.25, 0.3) is 0 Å². The first kappa shape index (κ1) is 18.2. The van der Waals surface area contributed by atoms with Crippen LogP contribution in [-0.4, -0.2) is 45.1 Å². The van der Waals surface area contributed by atoms with Crippen LogP contribution >= 0.6 is 0 Å². The molecule has 0 amide bonds. The molecular weight excluding hydrogens is 373 g/mol. The second-order valence-corrected chi connectivity index (χ2v) is 8.55. The zero-order valence-electron chi connectivity index (χ0n) is 14.8. The van der Waals surface area contributed by atoms with Gasteiger partial charge in [-0.05, 0) is 36.8 Å². The summed E-state index contributed by atoms with van der Waals surface area (Å²) in [6, 6.07) is 10.6. The summed E-state index contributed by atoms with van der Waals surface area (Å²) in [7, 11) is -3.73. The number of ether oxygens (including phenoxy) is 3. The molecule has 1 fully saturated rings. The van der Waals surface area contributed by atoms with E-state index in [0.29, 0.717) is 24.7 Å². The van der Waals surface area contributed by atoms with Crippen molar-refractivity contribution in [3.63, 3.8) is 0 Å². The first-order chi connectivity index (χ1) is 12.9. The average Bonchev–Trinajstić information content (AvgIpc) is 2.67. The molecule has 2 aliphatic heterocycles. The predicted molar refractivity (Wildman–Crippen MR) is 95.9 cm³/mol. The van der Waals surface area contributed by atoms with Gasteiger partial charge in [0.2, 0.25) is 10.0 Å². The third-order valence-corrected chi connectivity index (χ3v) is 6.45. The molecule has 0 radical (unpaired) electrons. The van der Waals surface area contributed by atoms with Crippen LogP contribution < -0.4 is 9.47 Å². The summed E-state index contributed by atoms with van der Waals surface area (Å²) in [6.07, 6.45) is -0.748. The molecular formula is C19H20FNO5S. The fraction of sp³-hybridized carbons (Fsp3) is 0.368. The Kier molecular flexibility index (Phi) is 4.79. The van der Waals surface area contributed by atoms with Crippen molar-refractivity contribution in [3.05, 3.63) is 53.8 Å². The molecule has 0 aromatic heterocycles. The molecule has 8 heteroatoms. The van der Waals surface area contributed by atoms with Gasteiger partial charge < -0.3 is 14.2 Å². The number of halogens is 1. The van der Waals surface area contributed by atoms with E-state index < -0.39 is 16.1 Å². The average molecular weight is 393 g/mol. The van der Waals surface area contributed by atoms with E-state index in [-0.39, 0.29) is 29.9 Å². The lowest BCUT2D eigenvalue weighted by Gasteiger charge is -2.36. The number of hydrogen-bond donors (Lipinski definition) is 0. The molecule has 2 unspecified atom stereocenters. The maximum absolute atomic E-state index is 13.2. The number of morpholine rings is 1. The quantitative estimate of drug-likeness (QED) is 0.802. The molecule has 0 N–H and O–H groups in total. The molecule has 1 saturated heterocycles. The Morgan fingerprint density at radius 1 is 1.00 bits per heavy atom. The molecule has 0 aliphatic carbocycles. The number of nitrogens with zero attached hydrogens (tertiary/aromatic N) is 1. The van der Waals surface area contributed by atoms with Gasteiger partial charge >= 0.3 is 0 Å². The Bertz CT molecular complexity index is 932. The Labute approximate surface area is 157 Å². The Morgan fingerprint density at radius 3 is 2.44 bits per heavy atom. The minimum atomic E-state index is -3.73. The summed E-state index contributed by atoms with van der Waals surface area (Å²) in [5.74, 6) is 0.627. The smallest absolute Gasteiger partial charge is 0.243 e. The zero-order chi connectivity index (χ0) is 19.0. The Hall–Kier alpha value is -2.16. The number of sulfonamides is 1. The van der Waals surface area contributed by atoms with Gasteiger partial charge in [0.05, 0.1) is 17.1 Å². The molecule has 0 bridgehead atoms. The van der Waals surface area contributed by atoms with Gasteiger partial charge in [0.15, 0.2) is 11.5 Å². The molecule has 2 aliphatic rings. The summed E-state index contributed by atoms with van der Waals surface area (Å²) in [5.41, 5.74) is 0.741. The zero-order valence-corrected chi connectivity index (χ0v) is 15.6. The van der Waals surface area contributed by atoms with E-state index in [1.54, 1.807) is 18.2 Å². The van der Waals surface area contributed by atoms with Gasteiger partial charge in [-0.1, -0.05) is 12.1 Å². The highest BCUT2D eigenvalue weighted by Gasteiger charge is 2.35. The van der Waals surface area contributed by atoms with Crippen LogP contribution in [0.5, 0.6) is 11.5 Å². The van der Waals surface area contributed by atoms with Gasteiger partial charge in [0, 0.05) is 19.2 Å². The summed E-state index contributed by atoms with van der Waals surface area (Å²) in [4.78, 5) is 0.152. The van der Waals surface area contributed by atoms with Crippen molar-refractivity contribution in [2.75, 3.05) is 26.3 Å². The van der Waals surface area contributed by atoms with Crippen LogP contribution in [0.4, 0.5) is 4.39 Å². The first-order valence-corrected chi connectivity index (χ1v) is 10.2. The van der Waals surface area contributed by atoms with Gasteiger partial charge in [0.1, 0.15) is 19.0 Å². The number of hydrogen-bond acceptors (Lipinski definition) is 5. The molecule has 2 aromatic rings. The second-order valence-electron chi connectivity index (χ2n) is 6.61. The molecule has 6 nitrogen and oxygen atoms in total. The Balaban J connectivity index is 1.61. The maximum atomic E-state index is 13.2. The summed E-state index contributed by atoms with van der Waals surface area (Å²) in [5, 5.41) is 0. The van der Waals surface area contributed by atoms with E-state index in [1.165, 1.54) is 28.6 Å². The lowest BCUT2D eigenvalue weighted by Crippen LogP contribution is -2.45. The minimum absolute atomic E-state index is 0.152. The van der Waals surface area contributed by atoms with Crippen LogP contribution in [0.15, 0.2) is 47.4 Å². The molecule has 0 spiro atoms. The van der Waals surface area contributed by atoms with Crippen molar-refractivity contribution in [1.29, 1.82) is 0 Å². The highest BCUT2D eigenvalue weighted by Crippen LogP contribution is 2.35. The van der Waals surface area contributed by atoms with Crippen LogP contribution in [0.3, 0.4) is 0 Å². The topological polar surface area (TPSA) is 65.1 Å². The van der Waals surface area contributed by atoms with E-state index in [1.807, 2.05) is 6.92 Å². The lowest BCUT2D eigenvalue weighted by atomic mass is 10.1. The first-order valence-electron chi connectivity index (χ1n) is 8.74. The van der Waals surface area contributed by atoms with Crippen molar-refractivity contribution in [1.82, 2.24) is 4.31 Å². The minimum Gasteiger partial charge on any atom is -0.486 e. The summed E-state index contributed by atoms with van der Waals surface area (Å²) >= 11 is 0. The van der Waals surface area contributed by atoms with Gasteiger partial charge in [-0.2, -0.15) is 4.31 Å². The summed E-state index contributed by atoms with van der Waals surface area (Å²) < 4.78 is 57.8. The van der Waals surface area contributed by atoms with E-state index in [0.717, 1.165) is 5.56 Å². The van der Waals surface area contributed by atoms with Gasteiger partial charge in [-0.25, -0.2) is 12.8 Å². The molecule has 144 valence electrons. The van der Waals surface area contributed by atoms with Crippen LogP contribution in [0.1, 0.15) is 18.6 Å². The SMILES string of the molecule is CC1CN(S(=O)(=O)c2ccc3c(c2)OCCO3)CC(c2ccc(F)cc2)O1. The molecule has 2 aromatic carbocycles. The van der Waals surface area contributed by atoms with Crippen molar-refractivity contribution in [2.45, 2.75) is 24.0 Å². The number of fused-ring (bicyclic) bond motifs is 1. The van der Waals surface area contributed by atoms with E-state index in [4.69, 9.17) is 14.2 Å².